The van der Waals surface area contributed by atoms with Crippen molar-refractivity contribution in [1.82, 2.24) is 9.97 Å². The van der Waals surface area contributed by atoms with Crippen molar-refractivity contribution in [2.75, 3.05) is 11.5 Å². The van der Waals surface area contributed by atoms with Crippen LogP contribution in [0.2, 0.25) is 0 Å². The van der Waals surface area contributed by atoms with E-state index in [1.54, 1.807) is 0 Å². The fraction of sp³-hybridized carbons (Fsp3) is 0.636. The Morgan fingerprint density at radius 3 is 2.47 bits per heavy atom. The van der Waals surface area contributed by atoms with Crippen molar-refractivity contribution in [3.05, 3.63) is 17.1 Å². The molecule has 0 atom stereocenters. The molecule has 4 heteroatoms. The van der Waals surface area contributed by atoms with E-state index in [1.807, 2.05) is 18.7 Å². The van der Waals surface area contributed by atoms with Gasteiger partial charge in [0, 0.05) is 11.3 Å². The van der Waals surface area contributed by atoms with Gasteiger partial charge in [0.05, 0.1) is 5.75 Å². The maximum atomic E-state index is 5.93. The second-order valence-electron chi connectivity index (χ2n) is 3.82. The molecule has 0 spiro atoms. The SMILES string of the molecule is CCSCc1nc(C)c(C(C)C)c(N)n1. The van der Waals surface area contributed by atoms with E-state index in [1.165, 1.54) is 0 Å². The molecule has 2 N–H and O–H groups in total. The summed E-state index contributed by atoms with van der Waals surface area (Å²) in [6, 6.07) is 0. The highest BCUT2D eigenvalue weighted by molar-refractivity contribution is 7.98. The Kier molecular flexibility index (Phi) is 4.39. The van der Waals surface area contributed by atoms with Crippen LogP contribution in [0, 0.1) is 6.92 Å². The van der Waals surface area contributed by atoms with Gasteiger partial charge < -0.3 is 5.73 Å². The molecule has 0 aliphatic heterocycles. The molecule has 0 saturated heterocycles. The summed E-state index contributed by atoms with van der Waals surface area (Å²) in [6.45, 7) is 8.36. The van der Waals surface area contributed by atoms with Gasteiger partial charge in [-0.3, -0.25) is 0 Å². The number of hydrogen-bond acceptors (Lipinski definition) is 4. The summed E-state index contributed by atoms with van der Waals surface area (Å²) in [5, 5.41) is 0. The molecule has 1 aromatic rings. The van der Waals surface area contributed by atoms with Crippen molar-refractivity contribution in [3.8, 4) is 0 Å². The van der Waals surface area contributed by atoms with E-state index in [2.05, 4.69) is 30.7 Å². The molecule has 0 unspecified atom stereocenters. The van der Waals surface area contributed by atoms with E-state index in [-0.39, 0.29) is 0 Å². The second kappa shape index (κ2) is 5.35. The Bertz CT molecular complexity index is 314. The van der Waals surface area contributed by atoms with E-state index in [0.717, 1.165) is 28.6 Å². The summed E-state index contributed by atoms with van der Waals surface area (Å²) in [5.74, 6) is 3.80. The third kappa shape index (κ3) is 3.09. The molecule has 3 nitrogen and oxygen atoms in total. The monoisotopic (exact) mass is 225 g/mol. The summed E-state index contributed by atoms with van der Waals surface area (Å²) in [5.41, 5.74) is 8.04. The lowest BCUT2D eigenvalue weighted by atomic mass is 10.0. The average molecular weight is 225 g/mol. The van der Waals surface area contributed by atoms with Crippen LogP contribution in [0.3, 0.4) is 0 Å². The summed E-state index contributed by atoms with van der Waals surface area (Å²) >= 11 is 1.81. The highest BCUT2D eigenvalue weighted by Crippen LogP contribution is 2.23. The van der Waals surface area contributed by atoms with E-state index < -0.39 is 0 Å². The van der Waals surface area contributed by atoms with Crippen molar-refractivity contribution in [3.63, 3.8) is 0 Å². The molecule has 1 heterocycles. The van der Waals surface area contributed by atoms with Gasteiger partial charge in [0.2, 0.25) is 0 Å². The highest BCUT2D eigenvalue weighted by Gasteiger charge is 2.11. The molecule has 0 aliphatic carbocycles. The van der Waals surface area contributed by atoms with Gasteiger partial charge in [-0.1, -0.05) is 20.8 Å². The quantitative estimate of drug-likeness (QED) is 0.856. The molecular formula is C11H19N3S. The van der Waals surface area contributed by atoms with Crippen LogP contribution in [0.15, 0.2) is 0 Å². The van der Waals surface area contributed by atoms with Crippen LogP contribution in [0.4, 0.5) is 5.82 Å². The van der Waals surface area contributed by atoms with Crippen LogP contribution >= 0.6 is 11.8 Å². The minimum absolute atomic E-state index is 0.387. The van der Waals surface area contributed by atoms with Gasteiger partial charge in [0.15, 0.2) is 0 Å². The molecule has 0 saturated carbocycles. The predicted octanol–water partition coefficient (Wildman–Crippen LogP) is 2.74. The van der Waals surface area contributed by atoms with Crippen LogP contribution in [-0.4, -0.2) is 15.7 Å². The number of nitrogens with two attached hydrogens (primary N) is 1. The van der Waals surface area contributed by atoms with Gasteiger partial charge >= 0.3 is 0 Å². The highest BCUT2D eigenvalue weighted by atomic mass is 32.2. The Morgan fingerprint density at radius 1 is 1.33 bits per heavy atom. The summed E-state index contributed by atoms with van der Waals surface area (Å²) in [4.78, 5) is 8.82. The van der Waals surface area contributed by atoms with Crippen molar-refractivity contribution in [1.29, 1.82) is 0 Å². The number of hydrogen-bond donors (Lipinski definition) is 1. The number of rotatable bonds is 4. The molecule has 0 aliphatic rings. The average Bonchev–Trinajstić information content (AvgIpc) is 2.12. The lowest BCUT2D eigenvalue weighted by molar-refractivity contribution is 0.823. The van der Waals surface area contributed by atoms with Gasteiger partial charge in [0.25, 0.3) is 0 Å². The first-order valence-electron chi connectivity index (χ1n) is 5.26. The van der Waals surface area contributed by atoms with Crippen LogP contribution in [0.5, 0.6) is 0 Å². The third-order valence-electron chi connectivity index (χ3n) is 2.22. The fourth-order valence-electron chi connectivity index (χ4n) is 1.63. The Hall–Kier alpha value is -0.770. The van der Waals surface area contributed by atoms with Gasteiger partial charge in [-0.25, -0.2) is 9.97 Å². The van der Waals surface area contributed by atoms with Crippen LogP contribution in [0.1, 0.15) is 43.8 Å². The molecule has 0 amide bonds. The zero-order valence-corrected chi connectivity index (χ0v) is 10.7. The molecule has 84 valence electrons. The smallest absolute Gasteiger partial charge is 0.140 e. The lowest BCUT2D eigenvalue weighted by Crippen LogP contribution is -2.08. The normalized spacial score (nSPS) is 11.0. The first-order chi connectivity index (χ1) is 7.06. The first-order valence-corrected chi connectivity index (χ1v) is 6.42. The third-order valence-corrected chi connectivity index (χ3v) is 3.10. The van der Waals surface area contributed by atoms with Crippen molar-refractivity contribution >= 4 is 17.6 Å². The zero-order valence-electron chi connectivity index (χ0n) is 9.87. The van der Waals surface area contributed by atoms with Crippen molar-refractivity contribution < 1.29 is 0 Å². The minimum Gasteiger partial charge on any atom is -0.383 e. The number of nitrogens with zero attached hydrogens (tertiary/aromatic N) is 2. The van der Waals surface area contributed by atoms with E-state index in [0.29, 0.717) is 11.7 Å². The topological polar surface area (TPSA) is 51.8 Å². The molecule has 0 radical (unpaired) electrons. The maximum absolute atomic E-state index is 5.93. The molecular weight excluding hydrogens is 206 g/mol. The largest absolute Gasteiger partial charge is 0.383 e. The molecule has 1 rings (SSSR count). The second-order valence-corrected chi connectivity index (χ2v) is 5.09. The van der Waals surface area contributed by atoms with Crippen molar-refractivity contribution in [2.45, 2.75) is 39.4 Å². The van der Waals surface area contributed by atoms with Gasteiger partial charge in [-0.05, 0) is 18.6 Å². The van der Waals surface area contributed by atoms with Gasteiger partial charge in [-0.2, -0.15) is 11.8 Å². The van der Waals surface area contributed by atoms with Crippen LogP contribution < -0.4 is 5.73 Å². The number of nitrogen functional groups attached to an aromatic ring is 1. The fourth-order valence-corrected chi connectivity index (χ4v) is 2.15. The zero-order chi connectivity index (χ0) is 11.4. The summed E-state index contributed by atoms with van der Waals surface area (Å²) in [7, 11) is 0. The van der Waals surface area contributed by atoms with Crippen LogP contribution in [-0.2, 0) is 5.75 Å². The lowest BCUT2D eigenvalue weighted by Gasteiger charge is -2.12. The molecule has 0 aromatic carbocycles. The molecule has 0 bridgehead atoms. The number of aromatic nitrogens is 2. The van der Waals surface area contributed by atoms with Crippen LogP contribution in [0.25, 0.3) is 0 Å². The van der Waals surface area contributed by atoms with E-state index >= 15 is 0 Å². The number of thioether (sulfide) groups is 1. The molecule has 0 fully saturated rings. The predicted molar refractivity (Wildman–Crippen MR) is 67.1 cm³/mol. The van der Waals surface area contributed by atoms with Gasteiger partial charge in [0.1, 0.15) is 11.6 Å². The summed E-state index contributed by atoms with van der Waals surface area (Å²) < 4.78 is 0. The van der Waals surface area contributed by atoms with E-state index in [4.69, 9.17) is 5.73 Å². The minimum atomic E-state index is 0.387. The summed E-state index contributed by atoms with van der Waals surface area (Å²) in [6.07, 6.45) is 0. The maximum Gasteiger partial charge on any atom is 0.140 e. The van der Waals surface area contributed by atoms with Gasteiger partial charge in [-0.15, -0.1) is 0 Å². The van der Waals surface area contributed by atoms with Crippen molar-refractivity contribution in [2.24, 2.45) is 0 Å². The van der Waals surface area contributed by atoms with E-state index in [9.17, 15) is 0 Å². The Labute approximate surface area is 95.9 Å². The number of anilines is 1. The number of aryl methyl sites for hydroxylation is 1. The molecule has 1 aromatic heterocycles. The molecule has 15 heavy (non-hydrogen) atoms. The Balaban J connectivity index is 2.97. The first kappa shape index (κ1) is 12.3. The standard InChI is InChI=1S/C11H19N3S/c1-5-15-6-9-13-8(4)10(7(2)3)11(12)14-9/h7H,5-6H2,1-4H3,(H2,12,13,14). The Morgan fingerprint density at radius 2 is 2.00 bits per heavy atom.